The van der Waals surface area contributed by atoms with Gasteiger partial charge in [0, 0.05) is 30.8 Å². The maximum Gasteiger partial charge on any atom is 0.123 e. The molecule has 2 rings (SSSR count). The van der Waals surface area contributed by atoms with Crippen LogP contribution in [0, 0.1) is 0 Å². The molecule has 1 aliphatic rings. The molecule has 1 unspecified atom stereocenters. The monoisotopic (exact) mass is 278 g/mol. The van der Waals surface area contributed by atoms with Gasteiger partial charge in [0.2, 0.25) is 0 Å². The van der Waals surface area contributed by atoms with Crippen molar-refractivity contribution in [3.05, 3.63) is 23.8 Å². The van der Waals surface area contributed by atoms with Crippen molar-refractivity contribution in [2.45, 2.75) is 38.8 Å². The van der Waals surface area contributed by atoms with Gasteiger partial charge in [0.25, 0.3) is 0 Å². The summed E-state index contributed by atoms with van der Waals surface area (Å²) in [6.07, 6.45) is 4.02. The number of rotatable bonds is 6. The summed E-state index contributed by atoms with van der Waals surface area (Å²) in [4.78, 5) is 2.52. The van der Waals surface area contributed by atoms with E-state index in [2.05, 4.69) is 17.1 Å². The van der Waals surface area contributed by atoms with Gasteiger partial charge in [0.15, 0.2) is 0 Å². The Balaban J connectivity index is 1.79. The zero-order valence-electron chi connectivity index (χ0n) is 12.6. The fourth-order valence-corrected chi connectivity index (χ4v) is 2.70. The lowest BCUT2D eigenvalue weighted by molar-refractivity contribution is 0.208. The normalized spacial score (nSPS) is 17.9. The van der Waals surface area contributed by atoms with E-state index in [1.54, 1.807) is 13.2 Å². The number of hydrogen-bond acceptors (Lipinski definition) is 4. The molecule has 1 fully saturated rings. The fraction of sp³-hybridized carbons (Fsp3) is 0.625. The third kappa shape index (κ3) is 4.39. The molecule has 1 saturated heterocycles. The summed E-state index contributed by atoms with van der Waals surface area (Å²) in [5, 5.41) is 13.4. The number of methoxy groups -OCH3 is 1. The molecule has 0 saturated carbocycles. The number of benzene rings is 1. The Hall–Kier alpha value is -1.26. The lowest BCUT2D eigenvalue weighted by Gasteiger charge is -2.29. The van der Waals surface area contributed by atoms with Gasteiger partial charge in [-0.1, -0.05) is 12.5 Å². The van der Waals surface area contributed by atoms with E-state index >= 15 is 0 Å². The summed E-state index contributed by atoms with van der Waals surface area (Å²) in [7, 11) is 1.60. The Kier molecular flexibility index (Phi) is 5.68. The highest BCUT2D eigenvalue weighted by atomic mass is 16.5. The zero-order valence-corrected chi connectivity index (χ0v) is 12.6. The van der Waals surface area contributed by atoms with Gasteiger partial charge in [-0.2, -0.15) is 0 Å². The quantitative estimate of drug-likeness (QED) is 0.838. The molecule has 4 nitrogen and oxygen atoms in total. The SMILES string of the molecule is COc1ccc(CNC(C)CN2CCCCC2)c(O)c1. The molecule has 1 heterocycles. The highest BCUT2D eigenvalue weighted by molar-refractivity contribution is 5.39. The predicted octanol–water partition coefficient (Wildman–Crippen LogP) is 2.36. The minimum absolute atomic E-state index is 0.294. The van der Waals surface area contributed by atoms with Crippen molar-refractivity contribution in [3.63, 3.8) is 0 Å². The minimum Gasteiger partial charge on any atom is -0.507 e. The Morgan fingerprint density at radius 2 is 2.05 bits per heavy atom. The highest BCUT2D eigenvalue weighted by Gasteiger charge is 2.13. The van der Waals surface area contributed by atoms with Gasteiger partial charge in [0.05, 0.1) is 7.11 Å². The van der Waals surface area contributed by atoms with E-state index in [1.165, 1.54) is 32.4 Å². The van der Waals surface area contributed by atoms with Crippen molar-refractivity contribution in [2.24, 2.45) is 0 Å². The topological polar surface area (TPSA) is 44.7 Å². The standard InChI is InChI=1S/C16H26N2O2/c1-13(12-18-8-4-3-5-9-18)17-11-14-6-7-15(20-2)10-16(14)19/h6-7,10,13,17,19H,3-5,8-9,11-12H2,1-2H3. The maximum atomic E-state index is 9.93. The first-order valence-corrected chi connectivity index (χ1v) is 7.50. The average molecular weight is 278 g/mol. The molecule has 4 heteroatoms. The molecule has 0 radical (unpaired) electrons. The second kappa shape index (κ2) is 7.50. The van der Waals surface area contributed by atoms with Crippen LogP contribution in [0.25, 0.3) is 0 Å². The molecule has 1 atom stereocenters. The summed E-state index contributed by atoms with van der Waals surface area (Å²) >= 11 is 0. The summed E-state index contributed by atoms with van der Waals surface area (Å²) in [6, 6.07) is 5.88. The van der Waals surface area contributed by atoms with Gasteiger partial charge < -0.3 is 20.1 Å². The minimum atomic E-state index is 0.294. The number of aromatic hydroxyl groups is 1. The van der Waals surface area contributed by atoms with Crippen LogP contribution in [0.15, 0.2) is 18.2 Å². The van der Waals surface area contributed by atoms with Crippen LogP contribution in [0.2, 0.25) is 0 Å². The van der Waals surface area contributed by atoms with Crippen LogP contribution in [0.5, 0.6) is 11.5 Å². The van der Waals surface area contributed by atoms with Gasteiger partial charge >= 0.3 is 0 Å². The number of likely N-dealkylation sites (tertiary alicyclic amines) is 1. The summed E-state index contributed by atoms with van der Waals surface area (Å²) in [5.74, 6) is 0.981. The number of nitrogens with one attached hydrogen (secondary N) is 1. The predicted molar refractivity (Wildman–Crippen MR) is 81.3 cm³/mol. The van der Waals surface area contributed by atoms with Crippen LogP contribution in [0.4, 0.5) is 0 Å². The van der Waals surface area contributed by atoms with Crippen molar-refractivity contribution < 1.29 is 9.84 Å². The van der Waals surface area contributed by atoms with Gasteiger partial charge in [-0.15, -0.1) is 0 Å². The molecule has 0 amide bonds. The lowest BCUT2D eigenvalue weighted by Crippen LogP contribution is -2.41. The molecule has 1 aromatic rings. The Bertz CT molecular complexity index is 417. The van der Waals surface area contributed by atoms with E-state index < -0.39 is 0 Å². The van der Waals surface area contributed by atoms with Crippen LogP contribution in [0.1, 0.15) is 31.7 Å². The molecule has 2 N–H and O–H groups in total. The lowest BCUT2D eigenvalue weighted by atomic mass is 10.1. The first-order chi connectivity index (χ1) is 9.69. The van der Waals surface area contributed by atoms with E-state index in [-0.39, 0.29) is 0 Å². The molecule has 20 heavy (non-hydrogen) atoms. The van der Waals surface area contributed by atoms with E-state index in [1.807, 2.05) is 12.1 Å². The Labute approximate surface area is 121 Å². The fourth-order valence-electron chi connectivity index (χ4n) is 2.70. The molecule has 112 valence electrons. The zero-order chi connectivity index (χ0) is 14.4. The molecule has 1 aromatic carbocycles. The third-order valence-electron chi connectivity index (χ3n) is 3.91. The van der Waals surface area contributed by atoms with E-state index in [4.69, 9.17) is 4.74 Å². The van der Waals surface area contributed by atoms with Crippen LogP contribution in [0.3, 0.4) is 0 Å². The summed E-state index contributed by atoms with van der Waals surface area (Å²) in [5.41, 5.74) is 0.913. The molecule has 1 aliphatic heterocycles. The molecule has 0 aliphatic carbocycles. The van der Waals surface area contributed by atoms with Crippen molar-refractivity contribution >= 4 is 0 Å². The highest BCUT2D eigenvalue weighted by Crippen LogP contribution is 2.23. The smallest absolute Gasteiger partial charge is 0.123 e. The van der Waals surface area contributed by atoms with Crippen LogP contribution >= 0.6 is 0 Å². The number of ether oxygens (including phenoxy) is 1. The molecule has 0 aromatic heterocycles. The summed E-state index contributed by atoms with van der Waals surface area (Å²) < 4.78 is 5.09. The first-order valence-electron chi connectivity index (χ1n) is 7.50. The van der Waals surface area contributed by atoms with Crippen LogP contribution in [-0.2, 0) is 6.54 Å². The number of phenolic OH excluding ortho intramolecular Hbond substituents is 1. The third-order valence-corrected chi connectivity index (χ3v) is 3.91. The molecule has 0 bridgehead atoms. The van der Waals surface area contributed by atoms with Crippen molar-refractivity contribution in [1.82, 2.24) is 10.2 Å². The first kappa shape index (κ1) is 15.1. The Morgan fingerprint density at radius 3 is 2.70 bits per heavy atom. The number of hydrogen-bond donors (Lipinski definition) is 2. The number of nitrogens with zero attached hydrogens (tertiary/aromatic N) is 1. The molecular weight excluding hydrogens is 252 g/mol. The van der Waals surface area contributed by atoms with Gasteiger partial charge in [-0.25, -0.2) is 0 Å². The van der Waals surface area contributed by atoms with E-state index in [0.717, 1.165) is 12.1 Å². The molecular formula is C16H26N2O2. The Morgan fingerprint density at radius 1 is 1.30 bits per heavy atom. The van der Waals surface area contributed by atoms with Gasteiger partial charge in [0.1, 0.15) is 11.5 Å². The van der Waals surface area contributed by atoms with Crippen LogP contribution < -0.4 is 10.1 Å². The second-order valence-corrected chi connectivity index (χ2v) is 5.64. The summed E-state index contributed by atoms with van der Waals surface area (Å²) in [6.45, 7) is 6.41. The maximum absolute atomic E-state index is 9.93. The van der Waals surface area contributed by atoms with Gasteiger partial charge in [-0.3, -0.25) is 0 Å². The number of phenols is 1. The van der Waals surface area contributed by atoms with E-state index in [9.17, 15) is 5.11 Å². The van der Waals surface area contributed by atoms with E-state index in [0.29, 0.717) is 24.1 Å². The van der Waals surface area contributed by atoms with Gasteiger partial charge in [-0.05, 0) is 38.9 Å². The molecule has 0 spiro atoms. The van der Waals surface area contributed by atoms with Crippen molar-refractivity contribution in [1.29, 1.82) is 0 Å². The van der Waals surface area contributed by atoms with Crippen molar-refractivity contribution in [2.75, 3.05) is 26.7 Å². The van der Waals surface area contributed by atoms with Crippen molar-refractivity contribution in [3.8, 4) is 11.5 Å². The average Bonchev–Trinajstić information content (AvgIpc) is 2.47. The largest absolute Gasteiger partial charge is 0.507 e. The van der Waals surface area contributed by atoms with Crippen LogP contribution in [-0.4, -0.2) is 42.8 Å². The number of piperidine rings is 1. The second-order valence-electron chi connectivity index (χ2n) is 5.64.